The molecule has 2 heterocycles. The van der Waals surface area contributed by atoms with E-state index in [1.807, 2.05) is 0 Å². The molecule has 35 heavy (non-hydrogen) atoms. The lowest BCUT2D eigenvalue weighted by molar-refractivity contribution is -0.124. The number of carbonyl (C=O) groups excluding carboxylic acids is 1. The Morgan fingerprint density at radius 1 is 1.14 bits per heavy atom. The number of hydrogen-bond acceptors (Lipinski definition) is 6. The standard InChI is InChI=1S/C24H26FN3O5S.ClH/c1-14-5-8-19(33-14)16-7-10-20(34(26,30)31)21(22(16)25)17-13-15(6-9-18(17)32-4)28-12-11-27-24(2,3)23(28)29;/h5-10,13,27H,11-12H2,1-4H3,(H2,26,30,31);1H. The predicted molar refractivity (Wildman–Crippen MR) is 134 cm³/mol. The Morgan fingerprint density at radius 3 is 2.46 bits per heavy atom. The molecule has 3 N–H and O–H groups in total. The monoisotopic (exact) mass is 523 g/mol. The molecule has 1 fully saturated rings. The molecule has 0 aliphatic carbocycles. The van der Waals surface area contributed by atoms with Crippen LogP contribution < -0.4 is 20.1 Å². The van der Waals surface area contributed by atoms with E-state index < -0.39 is 26.3 Å². The summed E-state index contributed by atoms with van der Waals surface area (Å²) in [6.07, 6.45) is 0. The topological polar surface area (TPSA) is 115 Å². The highest BCUT2D eigenvalue weighted by molar-refractivity contribution is 7.89. The molecule has 0 bridgehead atoms. The lowest BCUT2D eigenvalue weighted by atomic mass is 9.97. The first kappa shape index (κ1) is 26.7. The number of furan rings is 1. The number of anilines is 1. The molecule has 188 valence electrons. The highest BCUT2D eigenvalue weighted by Crippen LogP contribution is 2.42. The number of amides is 1. The van der Waals surface area contributed by atoms with Gasteiger partial charge in [-0.25, -0.2) is 17.9 Å². The summed E-state index contributed by atoms with van der Waals surface area (Å²) in [6, 6.07) is 10.6. The summed E-state index contributed by atoms with van der Waals surface area (Å²) in [4.78, 5) is 14.2. The quantitative estimate of drug-likeness (QED) is 0.525. The molecule has 4 rings (SSSR count). The van der Waals surface area contributed by atoms with E-state index in [4.69, 9.17) is 14.3 Å². The fraction of sp³-hybridized carbons (Fsp3) is 0.292. The number of piperazine rings is 1. The largest absolute Gasteiger partial charge is 0.496 e. The normalized spacial score (nSPS) is 15.6. The van der Waals surface area contributed by atoms with E-state index in [-0.39, 0.29) is 46.5 Å². The molecule has 1 saturated heterocycles. The summed E-state index contributed by atoms with van der Waals surface area (Å²) in [5, 5.41) is 8.62. The van der Waals surface area contributed by atoms with Crippen LogP contribution in [0.25, 0.3) is 22.5 Å². The first-order valence-electron chi connectivity index (χ1n) is 10.6. The molecule has 0 atom stereocenters. The third-order valence-corrected chi connectivity index (χ3v) is 6.82. The van der Waals surface area contributed by atoms with Gasteiger partial charge in [0.1, 0.15) is 23.1 Å². The second-order valence-corrected chi connectivity index (χ2v) is 10.2. The van der Waals surface area contributed by atoms with Gasteiger partial charge in [0.25, 0.3) is 0 Å². The number of ether oxygens (including phenoxy) is 1. The van der Waals surface area contributed by atoms with E-state index in [1.54, 1.807) is 56.0 Å². The molecule has 0 radical (unpaired) electrons. The number of carbonyl (C=O) groups is 1. The van der Waals surface area contributed by atoms with Crippen molar-refractivity contribution >= 4 is 34.0 Å². The number of hydrogen-bond donors (Lipinski definition) is 2. The van der Waals surface area contributed by atoms with Crippen LogP contribution in [-0.4, -0.2) is 40.1 Å². The maximum Gasteiger partial charge on any atom is 0.246 e. The number of nitrogens with two attached hydrogens (primary N) is 1. The fourth-order valence-electron chi connectivity index (χ4n) is 4.12. The molecule has 2 aromatic carbocycles. The fourth-order valence-corrected chi connectivity index (χ4v) is 4.86. The Morgan fingerprint density at radius 2 is 1.86 bits per heavy atom. The van der Waals surface area contributed by atoms with Gasteiger partial charge < -0.3 is 19.4 Å². The Kier molecular flexibility index (Phi) is 7.33. The van der Waals surface area contributed by atoms with E-state index >= 15 is 4.39 Å². The van der Waals surface area contributed by atoms with Crippen molar-refractivity contribution in [3.05, 3.63) is 54.0 Å². The minimum Gasteiger partial charge on any atom is -0.496 e. The molecular formula is C24H27ClFN3O5S. The van der Waals surface area contributed by atoms with Crippen LogP contribution in [-0.2, 0) is 14.8 Å². The van der Waals surface area contributed by atoms with Gasteiger partial charge >= 0.3 is 0 Å². The van der Waals surface area contributed by atoms with Crippen molar-refractivity contribution in [2.45, 2.75) is 31.2 Å². The highest BCUT2D eigenvalue weighted by Gasteiger charge is 2.36. The molecule has 1 aliphatic rings. The molecular weight excluding hydrogens is 497 g/mol. The average molecular weight is 524 g/mol. The smallest absolute Gasteiger partial charge is 0.246 e. The number of aryl methyl sites for hydroxylation is 1. The van der Waals surface area contributed by atoms with E-state index in [0.29, 0.717) is 24.5 Å². The summed E-state index contributed by atoms with van der Waals surface area (Å²) >= 11 is 0. The number of rotatable bonds is 5. The Hall–Kier alpha value is -2.92. The summed E-state index contributed by atoms with van der Waals surface area (Å²) < 4.78 is 51.9. The van der Waals surface area contributed by atoms with E-state index in [0.717, 1.165) is 0 Å². The zero-order valence-electron chi connectivity index (χ0n) is 19.7. The maximum absolute atomic E-state index is 16.0. The van der Waals surface area contributed by atoms with Crippen molar-refractivity contribution in [2.24, 2.45) is 5.14 Å². The number of nitrogens with one attached hydrogen (secondary N) is 1. The van der Waals surface area contributed by atoms with Crippen LogP contribution in [0.1, 0.15) is 19.6 Å². The lowest BCUT2D eigenvalue weighted by Gasteiger charge is -2.38. The van der Waals surface area contributed by atoms with Crippen molar-refractivity contribution in [1.29, 1.82) is 0 Å². The van der Waals surface area contributed by atoms with Gasteiger partial charge in [-0.05, 0) is 63.2 Å². The van der Waals surface area contributed by atoms with Gasteiger partial charge in [-0.2, -0.15) is 0 Å². The van der Waals surface area contributed by atoms with Crippen LogP contribution in [0.15, 0.2) is 51.8 Å². The van der Waals surface area contributed by atoms with Gasteiger partial charge in [0.2, 0.25) is 15.9 Å². The molecule has 1 amide bonds. The first-order chi connectivity index (χ1) is 15.9. The number of primary sulfonamides is 1. The Labute approximate surface area is 209 Å². The van der Waals surface area contributed by atoms with Crippen LogP contribution >= 0.6 is 12.4 Å². The van der Waals surface area contributed by atoms with Crippen LogP contribution in [0.2, 0.25) is 0 Å². The zero-order valence-corrected chi connectivity index (χ0v) is 21.3. The first-order valence-corrected chi connectivity index (χ1v) is 12.2. The molecule has 11 heteroatoms. The maximum atomic E-state index is 16.0. The minimum atomic E-state index is -4.31. The van der Waals surface area contributed by atoms with Gasteiger partial charge in [-0.3, -0.25) is 4.79 Å². The number of sulfonamides is 1. The van der Waals surface area contributed by atoms with Crippen LogP contribution in [0.5, 0.6) is 5.75 Å². The molecule has 0 spiro atoms. The van der Waals surface area contributed by atoms with Gasteiger partial charge in [-0.15, -0.1) is 12.4 Å². The van der Waals surface area contributed by atoms with Crippen molar-refractivity contribution in [2.75, 3.05) is 25.1 Å². The van der Waals surface area contributed by atoms with E-state index in [1.165, 1.54) is 19.2 Å². The number of methoxy groups -OCH3 is 1. The predicted octanol–water partition coefficient (Wildman–Crippen LogP) is 3.85. The Balaban J connectivity index is 0.00000342. The number of benzene rings is 2. The average Bonchev–Trinajstić information content (AvgIpc) is 3.20. The Bertz CT molecular complexity index is 1390. The summed E-state index contributed by atoms with van der Waals surface area (Å²) in [6.45, 7) is 6.23. The molecule has 8 nitrogen and oxygen atoms in total. The van der Waals surface area contributed by atoms with E-state index in [2.05, 4.69) is 5.32 Å². The van der Waals surface area contributed by atoms with Gasteiger partial charge in [-0.1, -0.05) is 0 Å². The highest BCUT2D eigenvalue weighted by atomic mass is 35.5. The van der Waals surface area contributed by atoms with Crippen LogP contribution in [0.3, 0.4) is 0 Å². The van der Waals surface area contributed by atoms with Gasteiger partial charge in [0, 0.05) is 29.9 Å². The van der Waals surface area contributed by atoms with E-state index in [9.17, 15) is 13.2 Å². The zero-order chi connectivity index (χ0) is 24.8. The summed E-state index contributed by atoms with van der Waals surface area (Å²) in [7, 11) is -2.91. The van der Waals surface area contributed by atoms with Crippen molar-refractivity contribution < 1.29 is 26.8 Å². The second-order valence-electron chi connectivity index (χ2n) is 8.65. The van der Waals surface area contributed by atoms with Crippen LogP contribution in [0, 0.1) is 12.7 Å². The lowest BCUT2D eigenvalue weighted by Crippen LogP contribution is -2.61. The molecule has 1 aliphatic heterocycles. The van der Waals surface area contributed by atoms with Gasteiger partial charge in [0.05, 0.1) is 23.1 Å². The number of halogens is 2. The van der Waals surface area contributed by atoms with Crippen molar-refractivity contribution in [1.82, 2.24) is 5.32 Å². The molecule has 0 unspecified atom stereocenters. The van der Waals surface area contributed by atoms with Gasteiger partial charge in [0.15, 0.2) is 0 Å². The SMILES string of the molecule is COc1ccc(N2CCNC(C)(C)C2=O)cc1-c1c(S(N)(=O)=O)ccc(-c2ccc(C)o2)c1F.Cl. The molecule has 0 saturated carbocycles. The summed E-state index contributed by atoms with van der Waals surface area (Å²) in [5.74, 6) is 0.0459. The third-order valence-electron chi connectivity index (χ3n) is 5.86. The van der Waals surface area contributed by atoms with Crippen molar-refractivity contribution in [3.8, 4) is 28.2 Å². The molecule has 3 aromatic rings. The third kappa shape index (κ3) is 4.92. The molecule has 1 aromatic heterocycles. The van der Waals surface area contributed by atoms with Crippen molar-refractivity contribution in [3.63, 3.8) is 0 Å². The number of nitrogens with zero attached hydrogens (tertiary/aromatic N) is 1. The minimum absolute atomic E-state index is 0. The second kappa shape index (κ2) is 9.62. The van der Waals surface area contributed by atoms with Crippen LogP contribution in [0.4, 0.5) is 10.1 Å². The summed E-state index contributed by atoms with van der Waals surface area (Å²) in [5.41, 5.74) is -0.339.